The molecule has 2 atom stereocenters. The highest BCUT2D eigenvalue weighted by Crippen LogP contribution is 2.41. The minimum Gasteiger partial charge on any atom is -0.352 e. The highest BCUT2D eigenvalue weighted by molar-refractivity contribution is 7.80. The summed E-state index contributed by atoms with van der Waals surface area (Å²) >= 11 is 5.75. The number of benzene rings is 1. The van der Waals surface area contributed by atoms with Crippen LogP contribution in [-0.4, -0.2) is 37.0 Å². The van der Waals surface area contributed by atoms with Crippen LogP contribution >= 0.6 is 12.2 Å². The van der Waals surface area contributed by atoms with Crippen molar-refractivity contribution >= 4 is 28.9 Å². The Balaban J connectivity index is 1.47. The van der Waals surface area contributed by atoms with Crippen molar-refractivity contribution in [2.75, 3.05) is 11.9 Å². The Labute approximate surface area is 220 Å². The van der Waals surface area contributed by atoms with Crippen LogP contribution in [0, 0.1) is 19.7 Å². The SMILES string of the molecule is Cc1cc([C@@H]2[C@@H](c3ccccn3)NC(=S)N2CCC(=O)Nc2ccccc2F)c(C)n1-c1cccnc1. The fraction of sp³-hybridized carbons (Fsp3) is 0.214. The van der Waals surface area contributed by atoms with E-state index in [-0.39, 0.29) is 30.1 Å². The standard InChI is InChI=1S/C28H27FN6OS/c1-18-16-21(19(2)35(18)20-8-7-13-30-17-20)27-26(24-11-5-6-14-31-24)33-28(37)34(27)15-12-25(36)32-23-10-4-3-9-22(23)29/h3-11,13-14,16-17,26-27H,12,15H2,1-2H3,(H,32,36)(H,33,37)/t26-,27-/m1/s1. The number of hydrogen-bond donors (Lipinski definition) is 2. The summed E-state index contributed by atoms with van der Waals surface area (Å²) in [5.74, 6) is -0.751. The summed E-state index contributed by atoms with van der Waals surface area (Å²) in [4.78, 5) is 23.7. The second kappa shape index (κ2) is 10.5. The van der Waals surface area contributed by atoms with Crippen LogP contribution in [0.4, 0.5) is 10.1 Å². The van der Waals surface area contributed by atoms with E-state index in [0.717, 1.165) is 28.3 Å². The molecule has 0 aliphatic carbocycles. The van der Waals surface area contributed by atoms with Gasteiger partial charge in [-0.1, -0.05) is 18.2 Å². The predicted octanol–water partition coefficient (Wildman–Crippen LogP) is 5.02. The number of halogens is 1. The average Bonchev–Trinajstić information content (AvgIpc) is 3.39. The molecule has 0 radical (unpaired) electrons. The Morgan fingerprint density at radius 3 is 2.65 bits per heavy atom. The van der Waals surface area contributed by atoms with Gasteiger partial charge in [-0.2, -0.15) is 0 Å². The molecule has 3 aromatic heterocycles. The molecular weight excluding hydrogens is 487 g/mol. The van der Waals surface area contributed by atoms with Crippen molar-refractivity contribution in [1.82, 2.24) is 24.8 Å². The Morgan fingerprint density at radius 2 is 1.92 bits per heavy atom. The molecule has 9 heteroatoms. The van der Waals surface area contributed by atoms with Crippen LogP contribution in [0.25, 0.3) is 5.69 Å². The number of carbonyl (C=O) groups is 1. The lowest BCUT2D eigenvalue weighted by Crippen LogP contribution is -2.33. The topological polar surface area (TPSA) is 75.1 Å². The number of para-hydroxylation sites is 1. The minimum absolute atomic E-state index is 0.142. The van der Waals surface area contributed by atoms with Crippen LogP contribution in [0.3, 0.4) is 0 Å². The van der Waals surface area contributed by atoms with E-state index in [2.05, 4.69) is 45.1 Å². The molecule has 0 spiro atoms. The molecule has 1 amide bonds. The zero-order valence-corrected chi connectivity index (χ0v) is 21.4. The van der Waals surface area contributed by atoms with E-state index >= 15 is 0 Å². The number of anilines is 1. The van der Waals surface area contributed by atoms with Gasteiger partial charge in [0.25, 0.3) is 0 Å². The number of rotatable bonds is 7. The summed E-state index contributed by atoms with van der Waals surface area (Å²) in [6.45, 7) is 4.50. The van der Waals surface area contributed by atoms with Gasteiger partial charge in [-0.15, -0.1) is 0 Å². The summed E-state index contributed by atoms with van der Waals surface area (Å²) in [6, 6.07) is 17.6. The third-order valence-corrected chi connectivity index (χ3v) is 6.97. The summed E-state index contributed by atoms with van der Waals surface area (Å²) in [5.41, 5.74) is 5.21. The lowest BCUT2D eigenvalue weighted by atomic mass is 9.96. The maximum atomic E-state index is 14.0. The van der Waals surface area contributed by atoms with Crippen LogP contribution < -0.4 is 10.6 Å². The number of nitrogens with one attached hydrogen (secondary N) is 2. The zero-order valence-electron chi connectivity index (χ0n) is 20.6. The number of aryl methyl sites for hydroxylation is 1. The predicted molar refractivity (Wildman–Crippen MR) is 145 cm³/mol. The Morgan fingerprint density at radius 1 is 1.11 bits per heavy atom. The molecule has 0 unspecified atom stereocenters. The number of carbonyl (C=O) groups excluding carboxylic acids is 1. The lowest BCUT2D eigenvalue weighted by molar-refractivity contribution is -0.116. The number of hydrogen-bond acceptors (Lipinski definition) is 4. The van der Waals surface area contributed by atoms with Crippen molar-refractivity contribution in [2.24, 2.45) is 0 Å². The number of thiocarbonyl (C=S) groups is 1. The van der Waals surface area contributed by atoms with Gasteiger partial charge in [-0.25, -0.2) is 4.39 Å². The van der Waals surface area contributed by atoms with Crippen molar-refractivity contribution in [1.29, 1.82) is 0 Å². The van der Waals surface area contributed by atoms with E-state index in [4.69, 9.17) is 12.2 Å². The first-order chi connectivity index (χ1) is 17.9. The summed E-state index contributed by atoms with van der Waals surface area (Å²) in [7, 11) is 0. The van der Waals surface area contributed by atoms with Crippen LogP contribution in [0.2, 0.25) is 0 Å². The van der Waals surface area contributed by atoms with E-state index in [1.165, 1.54) is 6.07 Å². The monoisotopic (exact) mass is 514 g/mol. The molecule has 4 heterocycles. The molecule has 5 rings (SSSR count). The molecule has 4 aromatic rings. The fourth-order valence-corrected chi connectivity index (χ4v) is 5.28. The number of nitrogens with zero attached hydrogens (tertiary/aromatic N) is 4. The van der Waals surface area contributed by atoms with Crippen LogP contribution in [-0.2, 0) is 4.79 Å². The summed E-state index contributed by atoms with van der Waals surface area (Å²) < 4.78 is 16.2. The molecule has 0 saturated carbocycles. The van der Waals surface area contributed by atoms with Crippen LogP contribution in [0.1, 0.15) is 41.1 Å². The second-order valence-corrected chi connectivity index (χ2v) is 9.36. The van der Waals surface area contributed by atoms with Crippen LogP contribution in [0.5, 0.6) is 0 Å². The highest BCUT2D eigenvalue weighted by atomic mass is 32.1. The molecule has 1 aliphatic rings. The maximum absolute atomic E-state index is 14.0. The Bertz CT molecular complexity index is 1430. The largest absolute Gasteiger partial charge is 0.352 e. The van der Waals surface area contributed by atoms with Gasteiger partial charge in [0.15, 0.2) is 5.11 Å². The van der Waals surface area contributed by atoms with Gasteiger partial charge in [0.05, 0.1) is 35.3 Å². The molecule has 1 aliphatic heterocycles. The van der Waals surface area contributed by atoms with E-state index in [0.29, 0.717) is 11.7 Å². The molecule has 1 fully saturated rings. The van der Waals surface area contributed by atoms with Gasteiger partial charge in [0.2, 0.25) is 5.91 Å². The van der Waals surface area contributed by atoms with Gasteiger partial charge < -0.3 is 20.1 Å². The molecule has 188 valence electrons. The van der Waals surface area contributed by atoms with Gasteiger partial charge in [-0.3, -0.25) is 14.8 Å². The van der Waals surface area contributed by atoms with Gasteiger partial charge in [-0.05, 0) is 74.1 Å². The van der Waals surface area contributed by atoms with Gasteiger partial charge in [0, 0.05) is 36.7 Å². The molecular formula is C28H27FN6OS. The smallest absolute Gasteiger partial charge is 0.226 e. The van der Waals surface area contributed by atoms with Crippen molar-refractivity contribution in [2.45, 2.75) is 32.4 Å². The maximum Gasteiger partial charge on any atom is 0.226 e. The zero-order chi connectivity index (χ0) is 25.9. The summed E-state index contributed by atoms with van der Waals surface area (Å²) in [6.07, 6.45) is 5.49. The Kier molecular flexibility index (Phi) is 6.96. The highest BCUT2D eigenvalue weighted by Gasteiger charge is 2.41. The van der Waals surface area contributed by atoms with E-state index < -0.39 is 5.82 Å². The van der Waals surface area contributed by atoms with Crippen LogP contribution in [0.15, 0.2) is 79.3 Å². The van der Waals surface area contributed by atoms with Gasteiger partial charge >= 0.3 is 0 Å². The number of aromatic nitrogens is 3. The first-order valence-corrected chi connectivity index (χ1v) is 12.5. The Hall–Kier alpha value is -4.11. The molecule has 0 bridgehead atoms. The normalized spacial score (nSPS) is 17.1. The van der Waals surface area contributed by atoms with E-state index in [1.807, 2.05) is 41.4 Å². The number of amides is 1. The van der Waals surface area contributed by atoms with Crippen molar-refractivity contribution in [3.8, 4) is 5.69 Å². The average molecular weight is 515 g/mol. The van der Waals surface area contributed by atoms with Crippen molar-refractivity contribution in [3.05, 3.63) is 108 Å². The second-order valence-electron chi connectivity index (χ2n) is 8.97. The van der Waals surface area contributed by atoms with E-state index in [1.54, 1.807) is 30.6 Å². The fourth-order valence-electron chi connectivity index (χ4n) is 4.95. The number of pyridine rings is 2. The van der Waals surface area contributed by atoms with Crippen molar-refractivity contribution in [3.63, 3.8) is 0 Å². The van der Waals surface area contributed by atoms with Gasteiger partial charge in [0.1, 0.15) is 5.82 Å². The van der Waals surface area contributed by atoms with E-state index in [9.17, 15) is 9.18 Å². The third-order valence-electron chi connectivity index (χ3n) is 6.62. The minimum atomic E-state index is -0.467. The molecule has 37 heavy (non-hydrogen) atoms. The molecule has 7 nitrogen and oxygen atoms in total. The first kappa shape index (κ1) is 24.6. The summed E-state index contributed by atoms with van der Waals surface area (Å²) in [5, 5.41) is 6.64. The third kappa shape index (κ3) is 4.95. The lowest BCUT2D eigenvalue weighted by Gasteiger charge is -2.28. The van der Waals surface area contributed by atoms with Crippen molar-refractivity contribution < 1.29 is 9.18 Å². The molecule has 1 saturated heterocycles. The quantitative estimate of drug-likeness (QED) is 0.337. The molecule has 1 aromatic carbocycles. The molecule has 2 N–H and O–H groups in total. The first-order valence-electron chi connectivity index (χ1n) is 12.1.